The van der Waals surface area contributed by atoms with Crippen molar-refractivity contribution in [3.63, 3.8) is 0 Å². The minimum atomic E-state index is -0.225. The third-order valence-corrected chi connectivity index (χ3v) is 5.37. The van der Waals surface area contributed by atoms with Crippen LogP contribution in [0.1, 0.15) is 23.2 Å². The maximum atomic E-state index is 12.5. The molecule has 1 aliphatic rings. The molecule has 29 heavy (non-hydrogen) atoms. The molecule has 6 nitrogen and oxygen atoms in total. The van der Waals surface area contributed by atoms with Crippen molar-refractivity contribution >= 4 is 40.7 Å². The van der Waals surface area contributed by atoms with Crippen molar-refractivity contribution in [2.75, 3.05) is 32.1 Å². The van der Waals surface area contributed by atoms with Gasteiger partial charge in [0.25, 0.3) is 5.91 Å². The number of halogens is 2. The molecule has 154 valence electrons. The molecule has 2 N–H and O–H groups in total. The number of likely N-dealkylation sites (tertiary alicyclic amines) is 1. The van der Waals surface area contributed by atoms with Gasteiger partial charge in [0.05, 0.1) is 23.7 Å². The summed E-state index contributed by atoms with van der Waals surface area (Å²) in [4.78, 5) is 26.8. The highest BCUT2D eigenvalue weighted by Crippen LogP contribution is 2.33. The van der Waals surface area contributed by atoms with Gasteiger partial charge in [0.15, 0.2) is 5.75 Å². The lowest BCUT2D eigenvalue weighted by Crippen LogP contribution is -2.46. The summed E-state index contributed by atoms with van der Waals surface area (Å²) < 4.78 is 5.11. The monoisotopic (exact) mass is 435 g/mol. The van der Waals surface area contributed by atoms with Crippen molar-refractivity contribution in [2.24, 2.45) is 0 Å². The van der Waals surface area contributed by atoms with E-state index in [9.17, 15) is 9.59 Å². The molecule has 1 heterocycles. The zero-order chi connectivity index (χ0) is 20.8. The quantitative estimate of drug-likeness (QED) is 0.722. The Kier molecular flexibility index (Phi) is 7.36. The van der Waals surface area contributed by atoms with E-state index in [1.807, 2.05) is 30.3 Å². The molecular weight excluding hydrogens is 413 g/mol. The number of hydrogen-bond donors (Lipinski definition) is 2. The van der Waals surface area contributed by atoms with Gasteiger partial charge in [-0.25, -0.2) is 0 Å². The molecule has 1 saturated heterocycles. The van der Waals surface area contributed by atoms with Gasteiger partial charge >= 0.3 is 0 Å². The van der Waals surface area contributed by atoms with Gasteiger partial charge in [-0.15, -0.1) is 0 Å². The molecule has 0 aromatic heterocycles. The fourth-order valence-corrected chi connectivity index (χ4v) is 3.96. The molecule has 0 saturated carbocycles. The van der Waals surface area contributed by atoms with Crippen LogP contribution in [0.4, 0.5) is 5.69 Å². The zero-order valence-electron chi connectivity index (χ0n) is 16.1. The number of benzene rings is 2. The van der Waals surface area contributed by atoms with Crippen LogP contribution >= 0.6 is 23.2 Å². The zero-order valence-corrected chi connectivity index (χ0v) is 17.6. The minimum Gasteiger partial charge on any atom is -0.494 e. The predicted octanol–water partition coefficient (Wildman–Crippen LogP) is 3.83. The molecule has 8 heteroatoms. The molecule has 0 bridgehead atoms. The van der Waals surface area contributed by atoms with E-state index in [0.29, 0.717) is 27.9 Å². The summed E-state index contributed by atoms with van der Waals surface area (Å²) in [6.07, 6.45) is 1.53. The van der Waals surface area contributed by atoms with Gasteiger partial charge in [0.1, 0.15) is 0 Å². The number of methoxy groups -OCH3 is 1. The van der Waals surface area contributed by atoms with Gasteiger partial charge in [-0.3, -0.25) is 14.5 Å². The molecule has 2 amide bonds. The molecule has 0 unspecified atom stereocenters. The van der Waals surface area contributed by atoms with Crippen LogP contribution in [-0.2, 0) is 4.79 Å². The number of ether oxygens (including phenoxy) is 1. The van der Waals surface area contributed by atoms with Crippen LogP contribution < -0.4 is 15.4 Å². The van der Waals surface area contributed by atoms with Crippen LogP contribution in [0.3, 0.4) is 0 Å². The highest BCUT2D eigenvalue weighted by atomic mass is 35.5. The van der Waals surface area contributed by atoms with E-state index in [2.05, 4.69) is 15.5 Å². The Bertz CT molecular complexity index is 846. The summed E-state index contributed by atoms with van der Waals surface area (Å²) in [7, 11) is 1.47. The van der Waals surface area contributed by atoms with E-state index in [1.165, 1.54) is 7.11 Å². The van der Waals surface area contributed by atoms with E-state index < -0.39 is 0 Å². The maximum Gasteiger partial charge on any atom is 0.251 e. The van der Waals surface area contributed by atoms with E-state index in [-0.39, 0.29) is 17.9 Å². The molecule has 2 aromatic rings. The van der Waals surface area contributed by atoms with Crippen molar-refractivity contribution in [3.05, 3.63) is 58.1 Å². The Morgan fingerprint density at radius 1 is 1.10 bits per heavy atom. The first-order valence-corrected chi connectivity index (χ1v) is 10.1. The van der Waals surface area contributed by atoms with Crippen LogP contribution in [0.2, 0.25) is 10.0 Å². The van der Waals surface area contributed by atoms with Crippen LogP contribution in [-0.4, -0.2) is 49.5 Å². The lowest BCUT2D eigenvalue weighted by molar-refractivity contribution is -0.117. The summed E-state index contributed by atoms with van der Waals surface area (Å²) in [5, 5.41) is 6.50. The largest absolute Gasteiger partial charge is 0.494 e. The van der Waals surface area contributed by atoms with E-state index in [4.69, 9.17) is 27.9 Å². The number of nitrogens with zero attached hydrogens (tertiary/aromatic N) is 1. The van der Waals surface area contributed by atoms with Crippen LogP contribution in [0, 0.1) is 0 Å². The molecule has 0 atom stereocenters. The Hall–Kier alpha value is -2.28. The van der Waals surface area contributed by atoms with Crippen LogP contribution in [0.5, 0.6) is 5.75 Å². The van der Waals surface area contributed by atoms with E-state index in [0.717, 1.165) is 31.6 Å². The summed E-state index contributed by atoms with van der Waals surface area (Å²) in [5.74, 6) is 0.0879. The number of carbonyl (C=O) groups is 2. The highest BCUT2D eigenvalue weighted by Gasteiger charge is 2.23. The smallest absolute Gasteiger partial charge is 0.251 e. The standard InChI is InChI=1S/C21H23Cl2N3O3/c1-29-20-17(22)11-14(12-18(20)23)21(28)25-16-7-9-26(10-8-16)13-19(27)24-15-5-3-2-4-6-15/h2-6,11-12,16H,7-10,13H2,1H3,(H,24,27)(H,25,28). The fraction of sp³-hybridized carbons (Fsp3) is 0.333. The van der Waals surface area contributed by atoms with E-state index in [1.54, 1.807) is 12.1 Å². The summed E-state index contributed by atoms with van der Waals surface area (Å²) in [5.41, 5.74) is 1.18. The number of carbonyl (C=O) groups excluding carboxylic acids is 2. The number of amides is 2. The third-order valence-electron chi connectivity index (χ3n) is 4.81. The second-order valence-electron chi connectivity index (χ2n) is 6.91. The van der Waals surface area contributed by atoms with Crippen molar-refractivity contribution in [3.8, 4) is 5.75 Å². The van der Waals surface area contributed by atoms with Crippen LogP contribution in [0.15, 0.2) is 42.5 Å². The van der Waals surface area contributed by atoms with Crippen molar-refractivity contribution in [2.45, 2.75) is 18.9 Å². The third kappa shape index (κ3) is 5.85. The molecule has 3 rings (SSSR count). The molecule has 0 radical (unpaired) electrons. The number of rotatable bonds is 6. The maximum absolute atomic E-state index is 12.5. The summed E-state index contributed by atoms with van der Waals surface area (Å²) >= 11 is 12.2. The van der Waals surface area contributed by atoms with Gasteiger partial charge in [0.2, 0.25) is 5.91 Å². The summed E-state index contributed by atoms with van der Waals surface area (Å²) in [6.45, 7) is 1.80. The minimum absolute atomic E-state index is 0.0376. The van der Waals surface area contributed by atoms with Gasteiger partial charge in [0, 0.05) is 30.4 Å². The van der Waals surface area contributed by atoms with Gasteiger partial charge in [-0.2, -0.15) is 0 Å². The second-order valence-corrected chi connectivity index (χ2v) is 7.73. The lowest BCUT2D eigenvalue weighted by atomic mass is 10.0. The Morgan fingerprint density at radius 3 is 2.31 bits per heavy atom. The first kappa shape index (κ1) is 21.4. The number of nitrogens with one attached hydrogen (secondary N) is 2. The number of piperidine rings is 1. The average molecular weight is 436 g/mol. The number of hydrogen-bond acceptors (Lipinski definition) is 4. The van der Waals surface area contributed by atoms with Gasteiger partial charge in [-0.05, 0) is 37.1 Å². The normalized spacial score (nSPS) is 15.0. The second kappa shape index (κ2) is 9.96. The highest BCUT2D eigenvalue weighted by molar-refractivity contribution is 6.37. The SMILES string of the molecule is COc1c(Cl)cc(C(=O)NC2CCN(CC(=O)Nc3ccccc3)CC2)cc1Cl. The molecule has 0 aliphatic carbocycles. The Morgan fingerprint density at radius 2 is 1.72 bits per heavy atom. The molecule has 1 fully saturated rings. The van der Waals surface area contributed by atoms with Gasteiger partial charge < -0.3 is 15.4 Å². The average Bonchev–Trinajstić information content (AvgIpc) is 2.70. The number of anilines is 1. The Labute approximate surface area is 180 Å². The fourth-order valence-electron chi connectivity index (χ4n) is 3.32. The van der Waals surface area contributed by atoms with Crippen molar-refractivity contribution < 1.29 is 14.3 Å². The predicted molar refractivity (Wildman–Crippen MR) is 115 cm³/mol. The molecular formula is C21H23Cl2N3O3. The number of para-hydroxylation sites is 1. The topological polar surface area (TPSA) is 70.7 Å². The first-order valence-electron chi connectivity index (χ1n) is 9.37. The van der Waals surface area contributed by atoms with Gasteiger partial charge in [-0.1, -0.05) is 41.4 Å². The van der Waals surface area contributed by atoms with Crippen LogP contribution in [0.25, 0.3) is 0 Å². The van der Waals surface area contributed by atoms with Crippen molar-refractivity contribution in [1.82, 2.24) is 10.2 Å². The van der Waals surface area contributed by atoms with Crippen molar-refractivity contribution in [1.29, 1.82) is 0 Å². The molecule has 2 aromatic carbocycles. The summed E-state index contributed by atoms with van der Waals surface area (Å²) in [6, 6.07) is 12.5. The van der Waals surface area contributed by atoms with E-state index >= 15 is 0 Å². The lowest BCUT2D eigenvalue weighted by Gasteiger charge is -2.31. The molecule has 0 spiro atoms. The molecule has 1 aliphatic heterocycles. The first-order chi connectivity index (χ1) is 14.0. The Balaban J connectivity index is 1.47.